The molecule has 36 heavy (non-hydrogen) atoms. The first-order chi connectivity index (χ1) is 17.0. The van der Waals surface area contributed by atoms with Crippen LogP contribution in [0.4, 0.5) is 0 Å². The Hall–Kier alpha value is -3.05. The van der Waals surface area contributed by atoms with Gasteiger partial charge in [0.2, 0.25) is 0 Å². The summed E-state index contributed by atoms with van der Waals surface area (Å²) in [5.74, 6) is 1.56. The van der Waals surface area contributed by atoms with Gasteiger partial charge in [0, 0.05) is 38.8 Å². The van der Waals surface area contributed by atoms with E-state index in [4.69, 9.17) is 14.5 Å². The van der Waals surface area contributed by atoms with Crippen LogP contribution in [0.3, 0.4) is 0 Å². The maximum Gasteiger partial charge on any atom is 0.175 e. The van der Waals surface area contributed by atoms with Crippen molar-refractivity contribution in [2.24, 2.45) is 0 Å². The van der Waals surface area contributed by atoms with Crippen molar-refractivity contribution >= 4 is 28.9 Å². The third-order valence-corrected chi connectivity index (χ3v) is 8.52. The Morgan fingerprint density at radius 1 is 1.06 bits per heavy atom. The third kappa shape index (κ3) is 6.19. The van der Waals surface area contributed by atoms with E-state index in [2.05, 4.69) is 24.6 Å². The lowest BCUT2D eigenvalue weighted by molar-refractivity contribution is 0.0909. The van der Waals surface area contributed by atoms with Crippen LogP contribution in [0.1, 0.15) is 5.56 Å². The zero-order valence-electron chi connectivity index (χ0n) is 20.9. The Balaban J connectivity index is 1.71. The van der Waals surface area contributed by atoms with E-state index in [1.165, 1.54) is 12.1 Å². The van der Waals surface area contributed by atoms with Gasteiger partial charge in [-0.2, -0.15) is 0 Å². The number of ether oxygens (including phenoxy) is 2. The highest BCUT2D eigenvalue weighted by Crippen LogP contribution is 2.33. The number of imidazole rings is 1. The van der Waals surface area contributed by atoms with Crippen LogP contribution in [0, 0.1) is 0 Å². The summed E-state index contributed by atoms with van der Waals surface area (Å²) >= 11 is 0. The van der Waals surface area contributed by atoms with Crippen LogP contribution in [0.5, 0.6) is 11.5 Å². The molecule has 0 saturated heterocycles. The standard InChI is InChI=1S/C26H31N3O5SSi/c1-35(31,32)21-10-8-20(9-11-21)34-25-16-23-24(15-19(25)17-30)29(18-33-13-14-36(2,3)4)26(28-23)22-7-5-6-12-27-22/h5-12,15-16,30H,13-14,17-18H2,1-4H3. The fraction of sp³-hybridized carbons (Fsp3) is 0.308. The SMILES string of the molecule is C[Si](C)(C)CCOCn1c(-c2ccccn2)nc2cc(Oc3ccc(S(C)(=O)=O)cc3)c(CO)cc21. The molecule has 2 heterocycles. The highest BCUT2D eigenvalue weighted by atomic mass is 32.2. The van der Waals surface area contributed by atoms with Gasteiger partial charge in [0.05, 0.1) is 22.5 Å². The number of aliphatic hydroxyl groups is 1. The minimum absolute atomic E-state index is 0.209. The maximum atomic E-state index is 11.7. The van der Waals surface area contributed by atoms with Gasteiger partial charge in [0.1, 0.15) is 23.9 Å². The molecular formula is C26H31N3O5SSi. The van der Waals surface area contributed by atoms with Crippen molar-refractivity contribution in [2.75, 3.05) is 12.9 Å². The minimum atomic E-state index is -3.30. The van der Waals surface area contributed by atoms with Crippen molar-refractivity contribution in [3.05, 3.63) is 66.4 Å². The van der Waals surface area contributed by atoms with Crippen molar-refractivity contribution in [1.82, 2.24) is 14.5 Å². The summed E-state index contributed by atoms with van der Waals surface area (Å²) in [6.45, 7) is 7.66. The number of hydrogen-bond donors (Lipinski definition) is 1. The molecule has 190 valence electrons. The van der Waals surface area contributed by atoms with E-state index in [9.17, 15) is 13.5 Å². The zero-order valence-corrected chi connectivity index (χ0v) is 22.7. The molecular weight excluding hydrogens is 494 g/mol. The highest BCUT2D eigenvalue weighted by Gasteiger charge is 2.18. The van der Waals surface area contributed by atoms with E-state index < -0.39 is 17.9 Å². The number of fused-ring (bicyclic) bond motifs is 1. The predicted octanol–water partition coefficient (Wildman–Crippen LogP) is 5.10. The lowest BCUT2D eigenvalue weighted by Gasteiger charge is -2.16. The van der Waals surface area contributed by atoms with Gasteiger partial charge in [0.25, 0.3) is 0 Å². The lowest BCUT2D eigenvalue weighted by atomic mass is 10.2. The average Bonchev–Trinajstić information content (AvgIpc) is 3.18. The molecule has 0 fully saturated rings. The summed E-state index contributed by atoms with van der Waals surface area (Å²) < 4.78 is 37.5. The number of nitrogens with zero attached hydrogens (tertiary/aromatic N) is 3. The molecule has 4 aromatic rings. The van der Waals surface area contributed by atoms with Gasteiger partial charge in [0.15, 0.2) is 15.7 Å². The van der Waals surface area contributed by atoms with Gasteiger partial charge < -0.3 is 14.6 Å². The summed E-state index contributed by atoms with van der Waals surface area (Å²) in [5.41, 5.74) is 2.76. The predicted molar refractivity (Wildman–Crippen MR) is 143 cm³/mol. The average molecular weight is 526 g/mol. The molecule has 0 amide bonds. The summed E-state index contributed by atoms with van der Waals surface area (Å²) in [4.78, 5) is 9.50. The van der Waals surface area contributed by atoms with Gasteiger partial charge in [-0.1, -0.05) is 25.7 Å². The Labute approximate surface area is 212 Å². The van der Waals surface area contributed by atoms with E-state index in [1.54, 1.807) is 24.4 Å². The molecule has 0 saturated carbocycles. The van der Waals surface area contributed by atoms with Crippen LogP contribution in [0.2, 0.25) is 25.7 Å². The van der Waals surface area contributed by atoms with E-state index in [1.807, 2.05) is 28.8 Å². The van der Waals surface area contributed by atoms with Gasteiger partial charge in [-0.15, -0.1) is 0 Å². The summed E-state index contributed by atoms with van der Waals surface area (Å²) in [5, 5.41) is 10.1. The largest absolute Gasteiger partial charge is 0.457 e. The third-order valence-electron chi connectivity index (χ3n) is 5.69. The highest BCUT2D eigenvalue weighted by molar-refractivity contribution is 7.90. The van der Waals surface area contributed by atoms with Crippen LogP contribution < -0.4 is 4.74 Å². The van der Waals surface area contributed by atoms with Crippen molar-refractivity contribution in [3.8, 4) is 23.0 Å². The van der Waals surface area contributed by atoms with Crippen molar-refractivity contribution in [3.63, 3.8) is 0 Å². The first-order valence-corrected chi connectivity index (χ1v) is 17.3. The molecule has 0 spiro atoms. The van der Waals surface area contributed by atoms with Crippen LogP contribution >= 0.6 is 0 Å². The van der Waals surface area contributed by atoms with Gasteiger partial charge in [-0.3, -0.25) is 9.55 Å². The Morgan fingerprint density at radius 3 is 2.42 bits per heavy atom. The number of hydrogen-bond acceptors (Lipinski definition) is 7. The van der Waals surface area contributed by atoms with Gasteiger partial charge in [-0.25, -0.2) is 13.4 Å². The van der Waals surface area contributed by atoms with E-state index >= 15 is 0 Å². The number of benzene rings is 2. The number of sulfone groups is 1. The number of aromatic nitrogens is 3. The normalized spacial score (nSPS) is 12.2. The minimum Gasteiger partial charge on any atom is -0.457 e. The molecule has 0 atom stereocenters. The molecule has 8 nitrogen and oxygen atoms in total. The summed E-state index contributed by atoms with van der Waals surface area (Å²) in [6.07, 6.45) is 2.88. The molecule has 0 radical (unpaired) electrons. The molecule has 2 aromatic heterocycles. The van der Waals surface area contributed by atoms with Crippen molar-refractivity contribution < 1.29 is 23.0 Å². The second kappa shape index (κ2) is 10.5. The summed E-state index contributed by atoms with van der Waals surface area (Å²) in [7, 11) is -4.53. The van der Waals surface area contributed by atoms with E-state index in [0.29, 0.717) is 47.4 Å². The molecule has 4 rings (SSSR count). The van der Waals surface area contributed by atoms with Gasteiger partial charge >= 0.3 is 0 Å². The fourth-order valence-corrected chi connectivity index (χ4v) is 5.04. The first kappa shape index (κ1) is 26.0. The van der Waals surface area contributed by atoms with Crippen molar-refractivity contribution in [2.45, 2.75) is 43.9 Å². The van der Waals surface area contributed by atoms with Crippen LogP contribution in [0.15, 0.2) is 65.7 Å². The molecule has 0 aliphatic heterocycles. The van der Waals surface area contributed by atoms with E-state index in [0.717, 1.165) is 17.8 Å². The van der Waals surface area contributed by atoms with Gasteiger partial charge in [-0.05, 0) is 48.5 Å². The monoisotopic (exact) mass is 525 g/mol. The summed E-state index contributed by atoms with van der Waals surface area (Å²) in [6, 6.07) is 16.5. The topological polar surface area (TPSA) is 104 Å². The molecule has 2 aromatic carbocycles. The first-order valence-electron chi connectivity index (χ1n) is 11.7. The molecule has 0 aliphatic rings. The zero-order chi connectivity index (χ0) is 25.9. The second-order valence-electron chi connectivity index (χ2n) is 9.88. The maximum absolute atomic E-state index is 11.7. The fourth-order valence-electron chi connectivity index (χ4n) is 3.65. The molecule has 0 aliphatic carbocycles. The van der Waals surface area contributed by atoms with Crippen LogP contribution in [0.25, 0.3) is 22.6 Å². The number of rotatable bonds is 10. The Kier molecular flexibility index (Phi) is 7.60. The molecule has 1 N–H and O–H groups in total. The van der Waals surface area contributed by atoms with E-state index in [-0.39, 0.29) is 11.5 Å². The van der Waals surface area contributed by atoms with Crippen molar-refractivity contribution in [1.29, 1.82) is 0 Å². The quantitative estimate of drug-likeness (QED) is 0.227. The lowest BCUT2D eigenvalue weighted by Crippen LogP contribution is -2.22. The Bertz CT molecular complexity index is 1450. The smallest absolute Gasteiger partial charge is 0.175 e. The number of aliphatic hydroxyl groups excluding tert-OH is 1. The second-order valence-corrected chi connectivity index (χ2v) is 17.5. The van der Waals surface area contributed by atoms with Crippen LogP contribution in [-0.2, 0) is 27.9 Å². The van der Waals surface area contributed by atoms with Crippen LogP contribution in [-0.4, -0.2) is 49.0 Å². The Morgan fingerprint density at radius 2 is 1.81 bits per heavy atom. The molecule has 0 bridgehead atoms. The molecule has 10 heteroatoms. The molecule has 0 unspecified atom stereocenters. The number of pyridine rings is 1.